The topological polar surface area (TPSA) is 49.4 Å². The van der Waals surface area contributed by atoms with Gasteiger partial charge in [0.25, 0.3) is 0 Å². The van der Waals surface area contributed by atoms with Crippen LogP contribution < -0.4 is 5.32 Å². The molecular formula is C13H17ClN2O2. The van der Waals surface area contributed by atoms with Gasteiger partial charge in [-0.3, -0.25) is 14.5 Å². The van der Waals surface area contributed by atoms with Crippen molar-refractivity contribution in [3.8, 4) is 0 Å². The van der Waals surface area contributed by atoms with Gasteiger partial charge in [0.15, 0.2) is 5.78 Å². The third-order valence-electron chi connectivity index (χ3n) is 2.63. The quantitative estimate of drug-likeness (QED) is 0.797. The summed E-state index contributed by atoms with van der Waals surface area (Å²) in [5.74, 6) is -0.113. The molecule has 0 saturated carbocycles. The minimum absolute atomic E-state index is 0.0163. The summed E-state index contributed by atoms with van der Waals surface area (Å²) in [5, 5.41) is 3.14. The normalized spacial score (nSPS) is 10.4. The first kappa shape index (κ1) is 14.7. The monoisotopic (exact) mass is 268 g/mol. The maximum absolute atomic E-state index is 12.0. The van der Waals surface area contributed by atoms with Crippen molar-refractivity contribution in [3.05, 3.63) is 34.9 Å². The summed E-state index contributed by atoms with van der Waals surface area (Å²) in [6.07, 6.45) is 0. The largest absolute Gasteiger partial charge is 0.358 e. The fourth-order valence-electron chi connectivity index (χ4n) is 1.49. The maximum atomic E-state index is 12.0. The van der Waals surface area contributed by atoms with E-state index in [2.05, 4.69) is 5.32 Å². The van der Waals surface area contributed by atoms with Crippen LogP contribution in [0.5, 0.6) is 0 Å². The number of carbonyl (C=O) groups is 2. The molecule has 98 valence electrons. The fourth-order valence-corrected chi connectivity index (χ4v) is 1.62. The van der Waals surface area contributed by atoms with Crippen molar-refractivity contribution in [3.63, 3.8) is 0 Å². The summed E-state index contributed by atoms with van der Waals surface area (Å²) in [4.78, 5) is 25.0. The van der Waals surface area contributed by atoms with Gasteiger partial charge < -0.3 is 5.32 Å². The van der Waals surface area contributed by atoms with E-state index >= 15 is 0 Å². The number of likely N-dealkylation sites (N-methyl/N-ethyl adjacent to an activating group) is 2. The Bertz CT molecular complexity index is 418. The van der Waals surface area contributed by atoms with Crippen LogP contribution in [0.3, 0.4) is 0 Å². The van der Waals surface area contributed by atoms with E-state index in [9.17, 15) is 9.59 Å². The number of hydrogen-bond donors (Lipinski definition) is 1. The molecular weight excluding hydrogens is 252 g/mol. The molecule has 0 saturated heterocycles. The average Bonchev–Trinajstić information content (AvgIpc) is 2.38. The van der Waals surface area contributed by atoms with Gasteiger partial charge in [-0.05, 0) is 30.8 Å². The first-order valence-electron chi connectivity index (χ1n) is 5.78. The zero-order valence-corrected chi connectivity index (χ0v) is 11.3. The molecule has 1 aromatic rings. The predicted octanol–water partition coefficient (Wildman–Crippen LogP) is 1.59. The van der Waals surface area contributed by atoms with Crippen LogP contribution in [0.15, 0.2) is 24.3 Å². The molecule has 18 heavy (non-hydrogen) atoms. The van der Waals surface area contributed by atoms with Crippen molar-refractivity contribution in [2.24, 2.45) is 0 Å². The standard InChI is InChI=1S/C13H17ClN2O2/c1-3-16(9-13(18)15-2)8-12(17)10-4-6-11(14)7-5-10/h4-7H,3,8-9H2,1-2H3,(H,15,18). The van der Waals surface area contributed by atoms with Crippen LogP contribution in [0.2, 0.25) is 5.02 Å². The van der Waals surface area contributed by atoms with Crippen molar-refractivity contribution < 1.29 is 9.59 Å². The van der Waals surface area contributed by atoms with Gasteiger partial charge in [-0.15, -0.1) is 0 Å². The molecule has 0 atom stereocenters. The second kappa shape index (κ2) is 7.13. The summed E-state index contributed by atoms with van der Waals surface area (Å²) < 4.78 is 0. The number of ketones is 1. The number of amides is 1. The van der Waals surface area contributed by atoms with Gasteiger partial charge >= 0.3 is 0 Å². The Kier molecular flexibility index (Phi) is 5.82. The molecule has 4 nitrogen and oxygen atoms in total. The molecule has 0 aromatic heterocycles. The van der Waals surface area contributed by atoms with Crippen LogP contribution in [0.25, 0.3) is 0 Å². The first-order chi connectivity index (χ1) is 8.56. The van der Waals surface area contributed by atoms with Crippen LogP contribution in [0, 0.1) is 0 Å². The molecule has 0 radical (unpaired) electrons. The number of hydrogen-bond acceptors (Lipinski definition) is 3. The van der Waals surface area contributed by atoms with E-state index in [4.69, 9.17) is 11.6 Å². The second-order valence-corrected chi connectivity index (χ2v) is 4.34. The SMILES string of the molecule is CCN(CC(=O)NC)CC(=O)c1ccc(Cl)cc1. The molecule has 1 amide bonds. The van der Waals surface area contributed by atoms with Gasteiger partial charge in [-0.2, -0.15) is 0 Å². The van der Waals surface area contributed by atoms with Crippen molar-refractivity contribution >= 4 is 23.3 Å². The molecule has 0 heterocycles. The lowest BCUT2D eigenvalue weighted by atomic mass is 10.1. The van der Waals surface area contributed by atoms with Crippen molar-refractivity contribution in [1.29, 1.82) is 0 Å². The number of nitrogens with zero attached hydrogens (tertiary/aromatic N) is 1. The van der Waals surface area contributed by atoms with Crippen molar-refractivity contribution in [2.45, 2.75) is 6.92 Å². The molecule has 1 rings (SSSR count). The van der Waals surface area contributed by atoms with Gasteiger partial charge in [0.2, 0.25) is 5.91 Å². The molecule has 0 aliphatic heterocycles. The lowest BCUT2D eigenvalue weighted by Gasteiger charge is -2.18. The van der Waals surface area contributed by atoms with E-state index < -0.39 is 0 Å². The van der Waals surface area contributed by atoms with E-state index in [0.29, 0.717) is 17.1 Å². The van der Waals surface area contributed by atoms with E-state index in [1.807, 2.05) is 6.92 Å². The lowest BCUT2D eigenvalue weighted by Crippen LogP contribution is -2.38. The van der Waals surface area contributed by atoms with Gasteiger partial charge in [0, 0.05) is 17.6 Å². The Labute approximate surface area is 112 Å². The molecule has 1 N–H and O–H groups in total. The highest BCUT2D eigenvalue weighted by Gasteiger charge is 2.13. The Morgan fingerprint density at radius 1 is 1.22 bits per heavy atom. The maximum Gasteiger partial charge on any atom is 0.233 e. The molecule has 1 aromatic carbocycles. The summed E-state index contributed by atoms with van der Waals surface area (Å²) in [5.41, 5.74) is 0.606. The first-order valence-corrected chi connectivity index (χ1v) is 6.16. The number of nitrogens with one attached hydrogen (secondary N) is 1. The van der Waals surface area contributed by atoms with Crippen LogP contribution in [-0.2, 0) is 4.79 Å². The summed E-state index contributed by atoms with van der Waals surface area (Å²) in [6, 6.07) is 6.75. The molecule has 5 heteroatoms. The van der Waals surface area contributed by atoms with Gasteiger partial charge in [0.05, 0.1) is 13.1 Å². The molecule has 0 unspecified atom stereocenters. The van der Waals surface area contributed by atoms with Crippen LogP contribution in [0.1, 0.15) is 17.3 Å². The lowest BCUT2D eigenvalue weighted by molar-refractivity contribution is -0.121. The van der Waals surface area contributed by atoms with Crippen LogP contribution in [0.4, 0.5) is 0 Å². The summed E-state index contributed by atoms with van der Waals surface area (Å²) in [6.45, 7) is 3.02. The van der Waals surface area contributed by atoms with E-state index in [0.717, 1.165) is 0 Å². The van der Waals surface area contributed by atoms with Crippen LogP contribution in [-0.4, -0.2) is 43.3 Å². The predicted molar refractivity (Wildman–Crippen MR) is 72.0 cm³/mol. The minimum atomic E-state index is -0.0965. The highest BCUT2D eigenvalue weighted by atomic mass is 35.5. The van der Waals surface area contributed by atoms with Crippen molar-refractivity contribution in [1.82, 2.24) is 10.2 Å². The highest BCUT2D eigenvalue weighted by Crippen LogP contribution is 2.10. The number of halogens is 1. The Morgan fingerprint density at radius 2 is 1.83 bits per heavy atom. The van der Waals surface area contributed by atoms with Crippen LogP contribution >= 0.6 is 11.6 Å². The number of Topliss-reactive ketones (excluding diaryl/α,β-unsaturated/α-hetero) is 1. The number of benzene rings is 1. The zero-order chi connectivity index (χ0) is 13.5. The summed E-state index contributed by atoms with van der Waals surface area (Å²) >= 11 is 5.76. The average molecular weight is 269 g/mol. The van der Waals surface area contributed by atoms with E-state index in [-0.39, 0.29) is 24.8 Å². The summed E-state index contributed by atoms with van der Waals surface area (Å²) in [7, 11) is 1.58. The third kappa shape index (κ3) is 4.47. The molecule has 0 aliphatic carbocycles. The Hall–Kier alpha value is -1.39. The Morgan fingerprint density at radius 3 is 2.33 bits per heavy atom. The molecule has 0 bridgehead atoms. The number of carbonyl (C=O) groups excluding carboxylic acids is 2. The highest BCUT2D eigenvalue weighted by molar-refractivity contribution is 6.30. The van der Waals surface area contributed by atoms with E-state index in [1.54, 1.807) is 36.2 Å². The Balaban J connectivity index is 2.61. The molecule has 0 fully saturated rings. The second-order valence-electron chi connectivity index (χ2n) is 3.91. The van der Waals surface area contributed by atoms with Gasteiger partial charge in [-0.1, -0.05) is 18.5 Å². The van der Waals surface area contributed by atoms with Gasteiger partial charge in [-0.25, -0.2) is 0 Å². The fraction of sp³-hybridized carbons (Fsp3) is 0.385. The van der Waals surface area contributed by atoms with Gasteiger partial charge in [0.1, 0.15) is 0 Å². The van der Waals surface area contributed by atoms with Crippen molar-refractivity contribution in [2.75, 3.05) is 26.7 Å². The zero-order valence-electron chi connectivity index (χ0n) is 10.6. The molecule has 0 spiro atoms. The third-order valence-corrected chi connectivity index (χ3v) is 2.88. The minimum Gasteiger partial charge on any atom is -0.358 e. The van der Waals surface area contributed by atoms with E-state index in [1.165, 1.54) is 0 Å². The number of rotatable bonds is 6. The smallest absolute Gasteiger partial charge is 0.233 e. The molecule has 0 aliphatic rings.